The summed E-state index contributed by atoms with van der Waals surface area (Å²) in [5, 5.41) is 11.5. The van der Waals surface area contributed by atoms with Crippen molar-refractivity contribution in [3.63, 3.8) is 0 Å². The Kier molecular flexibility index (Phi) is 5.37. The van der Waals surface area contributed by atoms with Crippen LogP contribution in [-0.2, 0) is 5.41 Å². The van der Waals surface area contributed by atoms with Crippen molar-refractivity contribution in [2.24, 2.45) is 0 Å². The Balaban J connectivity index is 1.08. The molecule has 2 heteroatoms. The van der Waals surface area contributed by atoms with Crippen molar-refractivity contribution < 1.29 is 0 Å². The predicted molar refractivity (Wildman–Crippen MR) is 198 cm³/mol. The minimum absolute atomic E-state index is 0.144. The largest absolute Gasteiger partial charge is 0.256 e. The highest BCUT2D eigenvalue weighted by Gasteiger charge is 2.35. The lowest BCUT2D eigenvalue weighted by molar-refractivity contribution is 0.663. The maximum absolute atomic E-state index is 5.07. The van der Waals surface area contributed by atoms with Crippen LogP contribution in [0.15, 0.2) is 146 Å². The molecule has 0 N–H and O–H groups in total. The summed E-state index contributed by atoms with van der Waals surface area (Å²) in [5.41, 5.74) is 10.6. The van der Waals surface area contributed by atoms with Gasteiger partial charge in [-0.05, 0) is 126 Å². The first-order valence-corrected chi connectivity index (χ1v) is 16.3. The van der Waals surface area contributed by atoms with E-state index in [2.05, 4.69) is 146 Å². The minimum atomic E-state index is -0.144. The third kappa shape index (κ3) is 3.85. The Morgan fingerprint density at radius 3 is 1.89 bits per heavy atom. The van der Waals surface area contributed by atoms with Gasteiger partial charge in [-0.25, -0.2) is 0 Å². The van der Waals surface area contributed by atoms with Gasteiger partial charge in [-0.15, -0.1) is 0 Å². The number of benzene rings is 7. The van der Waals surface area contributed by atoms with Crippen molar-refractivity contribution in [2.75, 3.05) is 0 Å². The first-order valence-electron chi connectivity index (χ1n) is 16.3. The molecule has 10 rings (SSSR count). The molecule has 2 aromatic heterocycles. The molecule has 0 saturated carbocycles. The Bertz CT molecular complexity index is 2750. The van der Waals surface area contributed by atoms with Gasteiger partial charge in [-0.2, -0.15) is 0 Å². The van der Waals surface area contributed by atoms with Gasteiger partial charge in [-0.1, -0.05) is 92.7 Å². The Labute approximate surface area is 273 Å². The van der Waals surface area contributed by atoms with Gasteiger partial charge in [0.05, 0.1) is 11.2 Å². The van der Waals surface area contributed by atoms with Crippen LogP contribution >= 0.6 is 0 Å². The summed E-state index contributed by atoms with van der Waals surface area (Å²) in [4.78, 5) is 9.60. The van der Waals surface area contributed by atoms with Gasteiger partial charge in [0.2, 0.25) is 0 Å². The third-order valence-corrected chi connectivity index (χ3v) is 10.5. The number of nitrogens with zero attached hydrogens (tertiary/aromatic N) is 2. The van der Waals surface area contributed by atoms with E-state index in [-0.39, 0.29) is 5.41 Å². The first-order chi connectivity index (χ1) is 23.0. The van der Waals surface area contributed by atoms with Crippen molar-refractivity contribution in [3.05, 3.63) is 157 Å². The van der Waals surface area contributed by atoms with Crippen molar-refractivity contribution in [2.45, 2.75) is 19.3 Å². The molecule has 0 aliphatic heterocycles. The van der Waals surface area contributed by atoms with E-state index in [0.717, 1.165) is 27.7 Å². The number of fused-ring (bicyclic) bond motifs is 4. The van der Waals surface area contributed by atoms with Crippen LogP contribution in [-0.4, -0.2) is 9.97 Å². The standard InChI is InChI=1S/C45H30N2/c1-45(2)39-24-33(27-15-17-41-29(20-27)9-7-19-46-41)21-30-13-14-31-22-34(25-40(45)44(31)43(30)39)42-18-16-32(26-47-42)38-23-28-8-3-4-10-35(28)36-11-5-6-12-37(36)38/h3-26H,1-2H3. The van der Waals surface area contributed by atoms with Gasteiger partial charge < -0.3 is 0 Å². The summed E-state index contributed by atoms with van der Waals surface area (Å²) in [7, 11) is 0. The second-order valence-corrected chi connectivity index (χ2v) is 13.5. The third-order valence-electron chi connectivity index (χ3n) is 10.5. The first kappa shape index (κ1) is 26.4. The molecular weight excluding hydrogens is 569 g/mol. The zero-order chi connectivity index (χ0) is 31.3. The predicted octanol–water partition coefficient (Wildman–Crippen LogP) is 11.9. The number of hydrogen-bond acceptors (Lipinski definition) is 2. The highest BCUT2D eigenvalue weighted by molar-refractivity contribution is 6.17. The second kappa shape index (κ2) is 9.57. The molecule has 0 radical (unpaired) electrons. The number of rotatable bonds is 3. The van der Waals surface area contributed by atoms with E-state index in [9.17, 15) is 0 Å². The highest BCUT2D eigenvalue weighted by Crippen LogP contribution is 2.51. The summed E-state index contributed by atoms with van der Waals surface area (Å²) >= 11 is 0. The number of aromatic nitrogens is 2. The van der Waals surface area contributed by atoms with Crippen LogP contribution < -0.4 is 0 Å². The maximum atomic E-state index is 5.07. The lowest BCUT2D eigenvalue weighted by atomic mass is 9.80. The molecule has 0 unspecified atom stereocenters. The van der Waals surface area contributed by atoms with E-state index in [1.807, 2.05) is 18.5 Å². The molecule has 0 fully saturated rings. The van der Waals surface area contributed by atoms with Crippen molar-refractivity contribution in [1.82, 2.24) is 9.97 Å². The summed E-state index contributed by atoms with van der Waals surface area (Å²) in [6.07, 6.45) is 3.90. The average molecular weight is 599 g/mol. The molecule has 1 aliphatic carbocycles. The fourth-order valence-corrected chi connectivity index (χ4v) is 8.05. The summed E-state index contributed by atoms with van der Waals surface area (Å²) in [6.45, 7) is 4.74. The Morgan fingerprint density at radius 2 is 1.11 bits per heavy atom. The molecule has 0 saturated heterocycles. The molecule has 47 heavy (non-hydrogen) atoms. The molecule has 7 aromatic carbocycles. The van der Waals surface area contributed by atoms with E-state index < -0.39 is 0 Å². The van der Waals surface area contributed by atoms with Crippen LogP contribution in [0.5, 0.6) is 0 Å². The van der Waals surface area contributed by atoms with E-state index in [1.165, 1.54) is 70.9 Å². The minimum Gasteiger partial charge on any atom is -0.256 e. The fraction of sp³-hybridized carbons (Fsp3) is 0.0667. The van der Waals surface area contributed by atoms with Crippen molar-refractivity contribution >= 4 is 54.0 Å². The van der Waals surface area contributed by atoms with Gasteiger partial charge in [0.25, 0.3) is 0 Å². The van der Waals surface area contributed by atoms with Gasteiger partial charge in [0.15, 0.2) is 0 Å². The monoisotopic (exact) mass is 598 g/mol. The van der Waals surface area contributed by atoms with Crippen molar-refractivity contribution in [1.29, 1.82) is 0 Å². The fourth-order valence-electron chi connectivity index (χ4n) is 8.05. The molecule has 2 nitrogen and oxygen atoms in total. The van der Waals surface area contributed by atoms with Crippen molar-refractivity contribution in [3.8, 4) is 33.5 Å². The van der Waals surface area contributed by atoms with Crippen LogP contribution in [0.1, 0.15) is 25.0 Å². The summed E-state index contributed by atoms with van der Waals surface area (Å²) < 4.78 is 0. The molecule has 0 atom stereocenters. The lowest BCUT2D eigenvalue weighted by Crippen LogP contribution is -2.15. The molecule has 2 heterocycles. The van der Waals surface area contributed by atoms with Gasteiger partial charge in [0.1, 0.15) is 0 Å². The average Bonchev–Trinajstić information content (AvgIpc) is 3.36. The van der Waals surface area contributed by atoms with E-state index in [1.54, 1.807) is 0 Å². The summed E-state index contributed by atoms with van der Waals surface area (Å²) in [6, 6.07) is 48.9. The normalized spacial score (nSPS) is 13.5. The second-order valence-electron chi connectivity index (χ2n) is 13.5. The molecule has 220 valence electrons. The SMILES string of the molecule is CC1(C)c2cc(-c3ccc4ncccc4c3)cc3ccc4cc(-c5ccc(-c6cc7ccccc7c7ccccc67)cn5)cc1c4c23. The number of pyridine rings is 2. The smallest absolute Gasteiger partial charge is 0.0702 e. The van der Waals surface area contributed by atoms with Gasteiger partial charge >= 0.3 is 0 Å². The molecule has 1 aliphatic rings. The van der Waals surface area contributed by atoms with Crippen LogP contribution in [0, 0.1) is 0 Å². The molecule has 0 spiro atoms. The lowest BCUT2D eigenvalue weighted by Gasteiger charge is -2.23. The quantitative estimate of drug-likeness (QED) is 0.189. The maximum Gasteiger partial charge on any atom is 0.0702 e. The van der Waals surface area contributed by atoms with Crippen LogP contribution in [0.4, 0.5) is 0 Å². The topological polar surface area (TPSA) is 25.8 Å². The van der Waals surface area contributed by atoms with Crippen LogP contribution in [0.25, 0.3) is 87.5 Å². The van der Waals surface area contributed by atoms with Gasteiger partial charge in [-0.3, -0.25) is 9.97 Å². The highest BCUT2D eigenvalue weighted by atomic mass is 14.7. The van der Waals surface area contributed by atoms with Crippen LogP contribution in [0.2, 0.25) is 0 Å². The van der Waals surface area contributed by atoms with Crippen LogP contribution in [0.3, 0.4) is 0 Å². The zero-order valence-corrected chi connectivity index (χ0v) is 26.3. The van der Waals surface area contributed by atoms with Gasteiger partial charge in [0, 0.05) is 34.3 Å². The van der Waals surface area contributed by atoms with E-state index in [4.69, 9.17) is 4.98 Å². The van der Waals surface area contributed by atoms with E-state index >= 15 is 0 Å². The number of hydrogen-bond donors (Lipinski definition) is 0. The summed E-state index contributed by atoms with van der Waals surface area (Å²) in [5.74, 6) is 0. The molecule has 9 aromatic rings. The molecular formula is C45H30N2. The zero-order valence-electron chi connectivity index (χ0n) is 26.3. The molecule has 0 bridgehead atoms. The Morgan fingerprint density at radius 1 is 0.447 bits per heavy atom. The molecule has 0 amide bonds. The Hall–Kier alpha value is -5.86. The van der Waals surface area contributed by atoms with E-state index in [0.29, 0.717) is 0 Å².